The maximum Gasteiger partial charge on any atom is 0.231 e. The Balaban J connectivity index is 2.21. The molecule has 5 nitrogen and oxygen atoms in total. The van der Waals surface area contributed by atoms with Gasteiger partial charge in [0.15, 0.2) is 11.5 Å². The number of nitrogens with zero attached hydrogens (tertiary/aromatic N) is 1. The minimum absolute atomic E-state index is 0.0728. The molecule has 2 rings (SSSR count). The normalized spacial score (nSPS) is 13.8. The van der Waals surface area contributed by atoms with Crippen LogP contribution in [0.2, 0.25) is 0 Å². The third-order valence-corrected chi connectivity index (χ3v) is 1.75. The van der Waals surface area contributed by atoms with Crippen LogP contribution in [0.4, 0.5) is 0 Å². The monoisotopic (exact) mass is 182 g/mol. The van der Waals surface area contributed by atoms with E-state index in [4.69, 9.17) is 14.7 Å². The number of ether oxygens (including phenoxy) is 2. The molecule has 70 valence electrons. The second kappa shape index (κ2) is 3.21. The fraction of sp³-hybridized carbons (Fsp3) is 0.250. The Morgan fingerprint density at radius 3 is 2.92 bits per heavy atom. The molecule has 1 N–H and O–H groups in total. The summed E-state index contributed by atoms with van der Waals surface area (Å²) in [5, 5.41) is 18.6. The summed E-state index contributed by atoms with van der Waals surface area (Å²) < 4.78 is 10.2. The van der Waals surface area contributed by atoms with Crippen LogP contribution in [-0.2, 0) is 6.54 Å². The molecule has 0 spiro atoms. The second-order valence-corrected chi connectivity index (χ2v) is 2.70. The van der Waals surface area contributed by atoms with Gasteiger partial charge >= 0.3 is 0 Å². The van der Waals surface area contributed by atoms with Crippen LogP contribution in [0.3, 0.4) is 0 Å². The number of hydroxylamine groups is 2. The van der Waals surface area contributed by atoms with E-state index in [1.54, 1.807) is 18.2 Å². The third-order valence-electron chi connectivity index (χ3n) is 1.75. The summed E-state index contributed by atoms with van der Waals surface area (Å²) in [6, 6.07) is 5.08. The maximum atomic E-state index is 10.3. The Morgan fingerprint density at radius 1 is 1.38 bits per heavy atom. The molecule has 0 bridgehead atoms. The summed E-state index contributed by atoms with van der Waals surface area (Å²) in [5.74, 6) is 1.28. The number of fused-ring (bicyclic) bond motifs is 1. The van der Waals surface area contributed by atoms with E-state index in [-0.39, 0.29) is 18.6 Å². The SMILES string of the molecule is [O-]N(O)Cc1ccc2c(c1)OCO2. The molecule has 1 aliphatic heterocycles. The first-order valence-electron chi connectivity index (χ1n) is 3.78. The molecule has 0 amide bonds. The van der Waals surface area contributed by atoms with Gasteiger partial charge < -0.3 is 19.9 Å². The van der Waals surface area contributed by atoms with E-state index in [1.165, 1.54) is 0 Å². The standard InChI is InChI=1S/C8H8NO4/c10-9(11)4-6-1-2-7-8(3-6)13-5-12-7/h1-3,10H,4-5H2/q-1. The fourth-order valence-corrected chi connectivity index (χ4v) is 1.20. The van der Waals surface area contributed by atoms with Gasteiger partial charge in [0.2, 0.25) is 6.79 Å². The van der Waals surface area contributed by atoms with E-state index in [1.807, 2.05) is 0 Å². The van der Waals surface area contributed by atoms with Crippen molar-refractivity contribution >= 4 is 0 Å². The van der Waals surface area contributed by atoms with Crippen molar-refractivity contribution in [2.24, 2.45) is 0 Å². The van der Waals surface area contributed by atoms with Gasteiger partial charge in [-0.05, 0) is 17.7 Å². The van der Waals surface area contributed by atoms with Crippen molar-refractivity contribution in [3.63, 3.8) is 0 Å². The minimum atomic E-state index is -0.127. The average Bonchev–Trinajstić information content (AvgIpc) is 2.49. The number of rotatable bonds is 2. The first-order valence-corrected chi connectivity index (χ1v) is 3.78. The highest BCUT2D eigenvalue weighted by atomic mass is 16.8. The number of benzene rings is 1. The first kappa shape index (κ1) is 8.31. The summed E-state index contributed by atoms with van der Waals surface area (Å²) in [4.78, 5) is 0. The first-order chi connectivity index (χ1) is 6.25. The van der Waals surface area contributed by atoms with Crippen molar-refractivity contribution in [2.45, 2.75) is 6.54 Å². The van der Waals surface area contributed by atoms with Crippen LogP contribution in [-0.4, -0.2) is 17.2 Å². The van der Waals surface area contributed by atoms with E-state index < -0.39 is 0 Å². The molecule has 0 atom stereocenters. The van der Waals surface area contributed by atoms with Crippen LogP contribution in [0.25, 0.3) is 0 Å². The molecule has 0 saturated carbocycles. The molecule has 0 aromatic heterocycles. The van der Waals surface area contributed by atoms with E-state index >= 15 is 0 Å². The average molecular weight is 182 g/mol. The molecule has 0 unspecified atom stereocenters. The Labute approximate surface area is 74.6 Å². The molecule has 0 aliphatic carbocycles. The van der Waals surface area contributed by atoms with Crippen molar-refractivity contribution in [3.05, 3.63) is 29.0 Å². The Kier molecular flexibility index (Phi) is 2.05. The molecule has 1 aromatic carbocycles. The highest BCUT2D eigenvalue weighted by Crippen LogP contribution is 2.32. The fourth-order valence-electron chi connectivity index (χ4n) is 1.20. The zero-order chi connectivity index (χ0) is 9.26. The largest absolute Gasteiger partial charge is 0.762 e. The van der Waals surface area contributed by atoms with E-state index in [2.05, 4.69) is 0 Å². The molecule has 13 heavy (non-hydrogen) atoms. The molecule has 0 radical (unpaired) electrons. The van der Waals surface area contributed by atoms with Crippen molar-refractivity contribution in [2.75, 3.05) is 6.79 Å². The molecule has 1 heterocycles. The molecule has 0 saturated heterocycles. The van der Waals surface area contributed by atoms with Gasteiger partial charge in [0.25, 0.3) is 0 Å². The highest BCUT2D eigenvalue weighted by molar-refractivity contribution is 5.44. The summed E-state index contributed by atoms with van der Waals surface area (Å²) >= 11 is 0. The van der Waals surface area contributed by atoms with Crippen LogP contribution in [0.5, 0.6) is 11.5 Å². The summed E-state index contributed by atoms with van der Waals surface area (Å²) in [6.45, 7) is 0.135. The lowest BCUT2D eigenvalue weighted by Gasteiger charge is -2.18. The van der Waals surface area contributed by atoms with Gasteiger partial charge in [0.05, 0.1) is 0 Å². The van der Waals surface area contributed by atoms with Crippen molar-refractivity contribution in [1.29, 1.82) is 0 Å². The summed E-state index contributed by atoms with van der Waals surface area (Å²) in [7, 11) is 0. The quantitative estimate of drug-likeness (QED) is 0.694. The molecule has 1 aliphatic rings. The molecule has 1 aromatic rings. The molecule has 0 fully saturated rings. The second-order valence-electron chi connectivity index (χ2n) is 2.70. The highest BCUT2D eigenvalue weighted by Gasteiger charge is 2.12. The Morgan fingerprint density at radius 2 is 2.15 bits per heavy atom. The van der Waals surface area contributed by atoms with Gasteiger partial charge in [-0.1, -0.05) is 6.07 Å². The lowest BCUT2D eigenvalue weighted by atomic mass is 10.2. The van der Waals surface area contributed by atoms with Gasteiger partial charge in [0.1, 0.15) is 0 Å². The van der Waals surface area contributed by atoms with Gasteiger partial charge in [0, 0.05) is 6.54 Å². The summed E-state index contributed by atoms with van der Waals surface area (Å²) in [5.41, 5.74) is 0.682. The zero-order valence-electron chi connectivity index (χ0n) is 6.77. The zero-order valence-corrected chi connectivity index (χ0v) is 6.77. The van der Waals surface area contributed by atoms with E-state index in [0.717, 1.165) is 0 Å². The van der Waals surface area contributed by atoms with Gasteiger partial charge in [-0.3, -0.25) is 5.23 Å². The predicted octanol–water partition coefficient (Wildman–Crippen LogP) is 1.10. The van der Waals surface area contributed by atoms with Crippen molar-refractivity contribution in [1.82, 2.24) is 5.23 Å². The number of hydrogen-bond acceptors (Lipinski definition) is 5. The summed E-state index contributed by atoms with van der Waals surface area (Å²) in [6.07, 6.45) is 0. The Bertz CT molecular complexity index is 313. The van der Waals surface area contributed by atoms with Crippen molar-refractivity contribution < 1.29 is 14.7 Å². The molecular weight excluding hydrogens is 174 g/mol. The van der Waals surface area contributed by atoms with Crippen LogP contribution >= 0.6 is 0 Å². The van der Waals surface area contributed by atoms with Gasteiger partial charge in [-0.25, -0.2) is 0 Å². The molecular formula is C8H8NO4-. The smallest absolute Gasteiger partial charge is 0.231 e. The van der Waals surface area contributed by atoms with Crippen LogP contribution in [0.15, 0.2) is 18.2 Å². The topological polar surface area (TPSA) is 65.0 Å². The van der Waals surface area contributed by atoms with Gasteiger partial charge in [-0.15, -0.1) is 0 Å². The lowest BCUT2D eigenvalue weighted by Crippen LogP contribution is -2.08. The minimum Gasteiger partial charge on any atom is -0.762 e. The Hall–Kier alpha value is -1.30. The lowest BCUT2D eigenvalue weighted by molar-refractivity contribution is -0.0488. The van der Waals surface area contributed by atoms with Gasteiger partial charge in [-0.2, -0.15) is 0 Å². The van der Waals surface area contributed by atoms with Crippen LogP contribution < -0.4 is 9.47 Å². The number of hydrogen-bond donors (Lipinski definition) is 1. The van der Waals surface area contributed by atoms with E-state index in [9.17, 15) is 5.21 Å². The van der Waals surface area contributed by atoms with Crippen molar-refractivity contribution in [3.8, 4) is 11.5 Å². The third kappa shape index (κ3) is 1.72. The van der Waals surface area contributed by atoms with E-state index in [0.29, 0.717) is 17.1 Å². The maximum absolute atomic E-state index is 10.3. The van der Waals surface area contributed by atoms with Crippen LogP contribution in [0, 0.1) is 5.21 Å². The molecule has 5 heteroatoms. The predicted molar refractivity (Wildman–Crippen MR) is 43.3 cm³/mol. The van der Waals surface area contributed by atoms with Crippen LogP contribution in [0.1, 0.15) is 5.56 Å².